The number of anilines is 2. The van der Waals surface area contributed by atoms with E-state index in [4.69, 9.17) is 11.6 Å². The van der Waals surface area contributed by atoms with Crippen molar-refractivity contribution in [1.82, 2.24) is 9.97 Å². The van der Waals surface area contributed by atoms with Crippen LogP contribution in [0.2, 0.25) is 0 Å². The SMILES string of the molecule is CC(CCl)N(C)c1ccnc(N(C)C)n1. The highest BCUT2D eigenvalue weighted by molar-refractivity contribution is 6.18. The van der Waals surface area contributed by atoms with Gasteiger partial charge in [0, 0.05) is 39.3 Å². The molecule has 1 rings (SSSR count). The Labute approximate surface area is 95.9 Å². The van der Waals surface area contributed by atoms with Gasteiger partial charge in [-0.25, -0.2) is 4.98 Å². The zero-order valence-corrected chi connectivity index (χ0v) is 10.4. The predicted molar refractivity (Wildman–Crippen MR) is 64.9 cm³/mol. The molecule has 0 N–H and O–H groups in total. The van der Waals surface area contributed by atoms with Gasteiger partial charge in [-0.05, 0) is 13.0 Å². The van der Waals surface area contributed by atoms with Crippen molar-refractivity contribution in [1.29, 1.82) is 0 Å². The standard InChI is InChI=1S/C10H17ClN4/c1-8(7-11)15(4)9-5-6-12-10(13-9)14(2)3/h5-6,8H,7H2,1-4H3. The molecular formula is C10H17ClN4. The van der Waals surface area contributed by atoms with Crippen LogP contribution in [-0.4, -0.2) is 43.0 Å². The number of halogens is 1. The summed E-state index contributed by atoms with van der Waals surface area (Å²) >= 11 is 5.80. The van der Waals surface area contributed by atoms with Crippen molar-refractivity contribution in [2.45, 2.75) is 13.0 Å². The minimum Gasteiger partial charge on any atom is -0.356 e. The molecule has 0 aliphatic heterocycles. The van der Waals surface area contributed by atoms with Crippen molar-refractivity contribution in [3.63, 3.8) is 0 Å². The molecule has 0 saturated heterocycles. The fourth-order valence-electron chi connectivity index (χ4n) is 1.08. The van der Waals surface area contributed by atoms with Gasteiger partial charge < -0.3 is 9.80 Å². The topological polar surface area (TPSA) is 32.3 Å². The first-order chi connectivity index (χ1) is 7.06. The molecule has 4 nitrogen and oxygen atoms in total. The molecular weight excluding hydrogens is 212 g/mol. The summed E-state index contributed by atoms with van der Waals surface area (Å²) in [5, 5.41) is 0. The summed E-state index contributed by atoms with van der Waals surface area (Å²) in [5.74, 6) is 2.18. The van der Waals surface area contributed by atoms with Gasteiger partial charge in [-0.1, -0.05) is 0 Å². The molecule has 0 saturated carbocycles. The van der Waals surface area contributed by atoms with E-state index in [-0.39, 0.29) is 6.04 Å². The van der Waals surface area contributed by atoms with E-state index in [0.29, 0.717) is 11.8 Å². The lowest BCUT2D eigenvalue weighted by Crippen LogP contribution is -2.31. The average Bonchev–Trinajstić information content (AvgIpc) is 2.27. The molecule has 0 aromatic carbocycles. The largest absolute Gasteiger partial charge is 0.356 e. The number of aromatic nitrogens is 2. The summed E-state index contributed by atoms with van der Waals surface area (Å²) in [6, 6.07) is 2.15. The number of rotatable bonds is 4. The van der Waals surface area contributed by atoms with E-state index in [1.54, 1.807) is 6.20 Å². The lowest BCUT2D eigenvalue weighted by Gasteiger charge is -2.24. The quantitative estimate of drug-likeness (QED) is 0.733. The Balaban J connectivity index is 2.90. The van der Waals surface area contributed by atoms with E-state index in [2.05, 4.69) is 16.9 Å². The van der Waals surface area contributed by atoms with Crippen LogP contribution in [0.3, 0.4) is 0 Å². The molecule has 1 heterocycles. The number of hydrogen-bond acceptors (Lipinski definition) is 4. The second kappa shape index (κ2) is 5.16. The molecule has 0 radical (unpaired) electrons. The van der Waals surface area contributed by atoms with Crippen LogP contribution in [-0.2, 0) is 0 Å². The van der Waals surface area contributed by atoms with Gasteiger partial charge in [0.05, 0.1) is 0 Å². The third-order valence-electron chi connectivity index (χ3n) is 2.27. The summed E-state index contributed by atoms with van der Waals surface area (Å²) < 4.78 is 0. The first-order valence-electron chi connectivity index (χ1n) is 4.85. The highest BCUT2D eigenvalue weighted by atomic mass is 35.5. The van der Waals surface area contributed by atoms with E-state index in [0.717, 1.165) is 5.82 Å². The molecule has 1 aromatic rings. The average molecular weight is 229 g/mol. The Morgan fingerprint density at radius 1 is 1.40 bits per heavy atom. The molecule has 0 aliphatic carbocycles. The van der Waals surface area contributed by atoms with Crippen LogP contribution in [0.15, 0.2) is 12.3 Å². The monoisotopic (exact) mass is 228 g/mol. The van der Waals surface area contributed by atoms with Crippen LogP contribution < -0.4 is 9.80 Å². The Hall–Kier alpha value is -1.03. The molecule has 84 valence electrons. The summed E-state index contributed by atoms with van der Waals surface area (Å²) in [7, 11) is 5.82. The highest BCUT2D eigenvalue weighted by Gasteiger charge is 2.11. The molecule has 1 unspecified atom stereocenters. The Morgan fingerprint density at radius 2 is 2.07 bits per heavy atom. The van der Waals surface area contributed by atoms with Crippen molar-refractivity contribution in [3.05, 3.63) is 12.3 Å². The normalized spacial score (nSPS) is 12.3. The van der Waals surface area contributed by atoms with Crippen LogP contribution in [0.5, 0.6) is 0 Å². The summed E-state index contributed by atoms with van der Waals surface area (Å²) in [6.07, 6.45) is 1.76. The van der Waals surface area contributed by atoms with Gasteiger partial charge in [0.15, 0.2) is 0 Å². The van der Waals surface area contributed by atoms with Crippen molar-refractivity contribution in [2.24, 2.45) is 0 Å². The molecule has 0 amide bonds. The summed E-state index contributed by atoms with van der Waals surface area (Å²) in [5.41, 5.74) is 0. The van der Waals surface area contributed by atoms with Gasteiger partial charge in [0.2, 0.25) is 5.95 Å². The first-order valence-corrected chi connectivity index (χ1v) is 5.39. The third kappa shape index (κ3) is 2.96. The number of nitrogens with zero attached hydrogens (tertiary/aromatic N) is 4. The highest BCUT2D eigenvalue weighted by Crippen LogP contribution is 2.14. The molecule has 0 spiro atoms. The third-order valence-corrected chi connectivity index (χ3v) is 2.72. The van der Waals surface area contributed by atoms with Gasteiger partial charge in [-0.15, -0.1) is 11.6 Å². The molecule has 15 heavy (non-hydrogen) atoms. The molecule has 0 bridgehead atoms. The Morgan fingerprint density at radius 3 is 2.60 bits per heavy atom. The summed E-state index contributed by atoms with van der Waals surface area (Å²) in [4.78, 5) is 12.5. The van der Waals surface area contributed by atoms with Gasteiger partial charge >= 0.3 is 0 Å². The first kappa shape index (κ1) is 12.0. The molecule has 5 heteroatoms. The lowest BCUT2D eigenvalue weighted by atomic mass is 10.3. The molecule has 0 fully saturated rings. The second-order valence-electron chi connectivity index (χ2n) is 3.72. The molecule has 1 atom stereocenters. The van der Waals surface area contributed by atoms with E-state index < -0.39 is 0 Å². The maximum absolute atomic E-state index is 5.80. The fraction of sp³-hybridized carbons (Fsp3) is 0.600. The van der Waals surface area contributed by atoms with E-state index in [9.17, 15) is 0 Å². The van der Waals surface area contributed by atoms with Crippen molar-refractivity contribution in [3.8, 4) is 0 Å². The zero-order valence-electron chi connectivity index (χ0n) is 9.61. The van der Waals surface area contributed by atoms with Crippen LogP contribution in [0.1, 0.15) is 6.92 Å². The Kier molecular flexibility index (Phi) is 4.15. The Bertz CT molecular complexity index is 316. The lowest BCUT2D eigenvalue weighted by molar-refractivity contribution is 0.746. The molecule has 0 aliphatic rings. The number of hydrogen-bond donors (Lipinski definition) is 0. The van der Waals surface area contributed by atoms with Crippen LogP contribution in [0.4, 0.5) is 11.8 Å². The fourth-order valence-corrected chi connectivity index (χ4v) is 1.29. The van der Waals surface area contributed by atoms with Crippen LogP contribution >= 0.6 is 11.6 Å². The van der Waals surface area contributed by atoms with Crippen molar-refractivity contribution < 1.29 is 0 Å². The van der Waals surface area contributed by atoms with Crippen LogP contribution in [0.25, 0.3) is 0 Å². The second-order valence-corrected chi connectivity index (χ2v) is 4.03. The zero-order chi connectivity index (χ0) is 11.4. The van der Waals surface area contributed by atoms with Gasteiger partial charge in [-0.3, -0.25) is 0 Å². The van der Waals surface area contributed by atoms with Gasteiger partial charge in [0.1, 0.15) is 5.82 Å². The predicted octanol–water partition coefficient (Wildman–Crippen LogP) is 1.61. The molecule has 1 aromatic heterocycles. The van der Waals surface area contributed by atoms with Crippen molar-refractivity contribution in [2.75, 3.05) is 36.8 Å². The smallest absolute Gasteiger partial charge is 0.226 e. The minimum atomic E-state index is 0.261. The summed E-state index contributed by atoms with van der Waals surface area (Å²) in [6.45, 7) is 2.06. The number of alkyl halides is 1. The van der Waals surface area contributed by atoms with Gasteiger partial charge in [0.25, 0.3) is 0 Å². The van der Waals surface area contributed by atoms with Gasteiger partial charge in [-0.2, -0.15) is 4.98 Å². The van der Waals surface area contributed by atoms with E-state index in [1.165, 1.54) is 0 Å². The maximum Gasteiger partial charge on any atom is 0.226 e. The minimum absolute atomic E-state index is 0.261. The maximum atomic E-state index is 5.80. The van der Waals surface area contributed by atoms with Crippen molar-refractivity contribution >= 4 is 23.4 Å². The van der Waals surface area contributed by atoms with Crippen LogP contribution in [0, 0.1) is 0 Å². The van der Waals surface area contributed by atoms with E-state index >= 15 is 0 Å². The van der Waals surface area contributed by atoms with E-state index in [1.807, 2.05) is 37.0 Å².